The maximum Gasteiger partial charge on any atom is 0.234 e. The van der Waals surface area contributed by atoms with E-state index in [0.717, 1.165) is 25.9 Å². The molecule has 1 aliphatic rings. The number of primary amides is 1. The number of nitrogens with zero attached hydrogens (tertiary/aromatic N) is 1. The fraction of sp³-hybridized carbons (Fsp3) is 0.778. The van der Waals surface area contributed by atoms with Crippen molar-refractivity contribution in [1.82, 2.24) is 4.90 Å². The third kappa shape index (κ3) is 2.97. The number of amides is 1. The van der Waals surface area contributed by atoms with Crippen molar-refractivity contribution in [2.24, 2.45) is 5.73 Å². The molecule has 13 heavy (non-hydrogen) atoms. The summed E-state index contributed by atoms with van der Waals surface area (Å²) in [5.41, 5.74) is 5.29. The number of piperidine rings is 1. The molecule has 1 atom stereocenters. The number of rotatable bonds is 4. The van der Waals surface area contributed by atoms with E-state index >= 15 is 0 Å². The second-order valence-corrected chi connectivity index (χ2v) is 3.26. The van der Waals surface area contributed by atoms with Crippen LogP contribution in [0.4, 0.5) is 0 Å². The van der Waals surface area contributed by atoms with Crippen LogP contribution in [0.2, 0.25) is 0 Å². The Labute approximate surface area is 79.0 Å². The van der Waals surface area contributed by atoms with Gasteiger partial charge in [0, 0.05) is 13.7 Å². The van der Waals surface area contributed by atoms with Crippen LogP contribution < -0.4 is 5.73 Å². The Morgan fingerprint density at radius 3 is 3.15 bits per heavy atom. The number of carbonyl (C=O) groups is 1. The number of carbonyl (C=O) groups excluding carboxylic acids is 1. The lowest BCUT2D eigenvalue weighted by Crippen LogP contribution is -2.48. The first-order chi connectivity index (χ1) is 6.25. The first kappa shape index (κ1) is 10.5. The highest BCUT2D eigenvalue weighted by Crippen LogP contribution is 2.15. The largest absolute Gasteiger partial charge is 0.383 e. The smallest absolute Gasteiger partial charge is 0.234 e. The van der Waals surface area contributed by atoms with Crippen molar-refractivity contribution in [2.75, 3.05) is 26.8 Å². The van der Waals surface area contributed by atoms with Crippen molar-refractivity contribution in [3.05, 3.63) is 6.42 Å². The normalized spacial score (nSPS) is 24.5. The van der Waals surface area contributed by atoms with Gasteiger partial charge in [-0.05, 0) is 25.8 Å². The average Bonchev–Trinajstić information content (AvgIpc) is 2.15. The number of hydrogen-bond acceptors (Lipinski definition) is 3. The van der Waals surface area contributed by atoms with Crippen molar-refractivity contribution in [3.8, 4) is 0 Å². The molecule has 4 heteroatoms. The summed E-state index contributed by atoms with van der Waals surface area (Å²) in [7, 11) is 1.66. The minimum absolute atomic E-state index is 0.121. The molecule has 2 N–H and O–H groups in total. The van der Waals surface area contributed by atoms with Gasteiger partial charge in [-0.1, -0.05) is 0 Å². The summed E-state index contributed by atoms with van der Waals surface area (Å²) in [6.07, 6.45) is 3.94. The zero-order valence-electron chi connectivity index (χ0n) is 8.03. The Bertz CT molecular complexity index is 173. The second-order valence-electron chi connectivity index (χ2n) is 3.26. The van der Waals surface area contributed by atoms with E-state index in [4.69, 9.17) is 10.5 Å². The van der Waals surface area contributed by atoms with Gasteiger partial charge in [0.25, 0.3) is 0 Å². The fourth-order valence-electron chi connectivity index (χ4n) is 1.61. The number of ether oxygens (including phenoxy) is 1. The molecular formula is C9H17N2O2. The van der Waals surface area contributed by atoms with E-state index < -0.39 is 0 Å². The fourth-order valence-corrected chi connectivity index (χ4v) is 1.61. The van der Waals surface area contributed by atoms with Gasteiger partial charge in [0.15, 0.2) is 0 Å². The van der Waals surface area contributed by atoms with E-state index in [9.17, 15) is 4.79 Å². The molecule has 1 saturated heterocycles. The van der Waals surface area contributed by atoms with E-state index in [0.29, 0.717) is 6.61 Å². The van der Waals surface area contributed by atoms with Crippen LogP contribution in [0.15, 0.2) is 0 Å². The van der Waals surface area contributed by atoms with Gasteiger partial charge in [0.2, 0.25) is 5.91 Å². The van der Waals surface area contributed by atoms with Crippen molar-refractivity contribution in [1.29, 1.82) is 0 Å². The highest BCUT2D eigenvalue weighted by Gasteiger charge is 2.26. The molecule has 1 radical (unpaired) electrons. The number of nitrogens with two attached hydrogens (primary N) is 1. The van der Waals surface area contributed by atoms with Gasteiger partial charge in [-0.2, -0.15) is 0 Å². The molecule has 0 bridgehead atoms. The molecule has 1 aliphatic heterocycles. The Morgan fingerprint density at radius 2 is 2.54 bits per heavy atom. The predicted octanol–water partition coefficient (Wildman–Crippen LogP) is -0.213. The number of likely N-dealkylation sites (tertiary alicyclic amines) is 1. The Balaban J connectivity index is 2.41. The molecule has 1 unspecified atom stereocenters. The monoisotopic (exact) mass is 185 g/mol. The van der Waals surface area contributed by atoms with Crippen LogP contribution in [-0.4, -0.2) is 43.7 Å². The summed E-state index contributed by atoms with van der Waals surface area (Å²) in [6, 6.07) is -0.121. The van der Waals surface area contributed by atoms with Gasteiger partial charge in [0.05, 0.1) is 12.6 Å². The van der Waals surface area contributed by atoms with Crippen LogP contribution in [0.25, 0.3) is 0 Å². The SMILES string of the molecule is COCCN1CC[CH]CC1C(N)=O. The molecule has 1 fully saturated rings. The standard InChI is InChI=1S/C9H17N2O2/c1-13-7-6-11-5-3-2-4-8(11)9(10)12/h2,8H,3-7H2,1H3,(H2,10,12). The minimum atomic E-state index is -0.230. The molecular weight excluding hydrogens is 168 g/mol. The Morgan fingerprint density at radius 1 is 1.77 bits per heavy atom. The Kier molecular flexibility index (Phi) is 4.18. The number of hydrogen-bond donors (Lipinski definition) is 1. The van der Waals surface area contributed by atoms with Gasteiger partial charge in [0.1, 0.15) is 0 Å². The van der Waals surface area contributed by atoms with Crippen molar-refractivity contribution in [2.45, 2.75) is 18.9 Å². The summed E-state index contributed by atoms with van der Waals surface area (Å²) in [4.78, 5) is 13.1. The van der Waals surface area contributed by atoms with Crippen LogP contribution in [0.3, 0.4) is 0 Å². The highest BCUT2D eigenvalue weighted by atomic mass is 16.5. The van der Waals surface area contributed by atoms with Crippen LogP contribution in [0, 0.1) is 6.42 Å². The highest BCUT2D eigenvalue weighted by molar-refractivity contribution is 5.80. The maximum atomic E-state index is 11.0. The average molecular weight is 185 g/mol. The van der Waals surface area contributed by atoms with E-state index in [2.05, 4.69) is 11.3 Å². The molecule has 1 heterocycles. The third-order valence-electron chi connectivity index (χ3n) is 2.36. The molecule has 1 rings (SSSR count). The topological polar surface area (TPSA) is 55.6 Å². The summed E-state index contributed by atoms with van der Waals surface area (Å²) >= 11 is 0. The lowest BCUT2D eigenvalue weighted by molar-refractivity contribution is -0.124. The second kappa shape index (κ2) is 5.19. The summed E-state index contributed by atoms with van der Waals surface area (Å²) in [6.45, 7) is 2.36. The first-order valence-electron chi connectivity index (χ1n) is 4.59. The van der Waals surface area contributed by atoms with Gasteiger partial charge >= 0.3 is 0 Å². The molecule has 0 saturated carbocycles. The lowest BCUT2D eigenvalue weighted by atomic mass is 10.0. The van der Waals surface area contributed by atoms with Crippen LogP contribution in [0.1, 0.15) is 12.8 Å². The number of methoxy groups -OCH3 is 1. The zero-order valence-corrected chi connectivity index (χ0v) is 8.03. The van der Waals surface area contributed by atoms with E-state index in [1.165, 1.54) is 0 Å². The van der Waals surface area contributed by atoms with Crippen molar-refractivity contribution >= 4 is 5.91 Å². The van der Waals surface area contributed by atoms with Crippen LogP contribution >= 0.6 is 0 Å². The van der Waals surface area contributed by atoms with Gasteiger partial charge in [-0.25, -0.2) is 0 Å². The minimum Gasteiger partial charge on any atom is -0.383 e. The van der Waals surface area contributed by atoms with E-state index in [-0.39, 0.29) is 11.9 Å². The summed E-state index contributed by atoms with van der Waals surface area (Å²) in [5, 5.41) is 0. The molecule has 0 aliphatic carbocycles. The van der Waals surface area contributed by atoms with Gasteiger partial charge in [-0.3, -0.25) is 9.69 Å². The van der Waals surface area contributed by atoms with E-state index in [1.54, 1.807) is 7.11 Å². The predicted molar refractivity (Wildman–Crippen MR) is 50.0 cm³/mol. The summed E-state index contributed by atoms with van der Waals surface area (Å²) in [5.74, 6) is -0.230. The molecule has 0 spiro atoms. The van der Waals surface area contributed by atoms with Gasteiger partial charge in [-0.15, -0.1) is 0 Å². The molecule has 75 valence electrons. The summed E-state index contributed by atoms with van der Waals surface area (Å²) < 4.78 is 4.97. The van der Waals surface area contributed by atoms with E-state index in [1.807, 2.05) is 0 Å². The molecule has 1 amide bonds. The maximum absolute atomic E-state index is 11.0. The van der Waals surface area contributed by atoms with Gasteiger partial charge < -0.3 is 10.5 Å². The molecule has 0 aromatic carbocycles. The van der Waals surface area contributed by atoms with Crippen molar-refractivity contribution in [3.63, 3.8) is 0 Å². The van der Waals surface area contributed by atoms with Crippen molar-refractivity contribution < 1.29 is 9.53 Å². The zero-order chi connectivity index (χ0) is 9.68. The quantitative estimate of drug-likeness (QED) is 0.659. The Hall–Kier alpha value is -0.610. The molecule has 0 aromatic heterocycles. The van der Waals surface area contributed by atoms with Crippen LogP contribution in [-0.2, 0) is 9.53 Å². The molecule has 0 aromatic rings. The molecule has 4 nitrogen and oxygen atoms in total. The third-order valence-corrected chi connectivity index (χ3v) is 2.36. The lowest BCUT2D eigenvalue weighted by Gasteiger charge is -2.33. The first-order valence-corrected chi connectivity index (χ1v) is 4.59. The van der Waals surface area contributed by atoms with Crippen LogP contribution in [0.5, 0.6) is 0 Å².